The average Bonchev–Trinajstić information content (AvgIpc) is 2.81. The van der Waals surface area contributed by atoms with Gasteiger partial charge < -0.3 is 10.1 Å². The van der Waals surface area contributed by atoms with Gasteiger partial charge in [0.1, 0.15) is 5.75 Å². The third-order valence-corrected chi connectivity index (χ3v) is 3.38. The summed E-state index contributed by atoms with van der Waals surface area (Å²) in [6, 6.07) is 5.48. The molecule has 1 aliphatic heterocycles. The number of nitrogens with one attached hydrogen (secondary N) is 1. The highest BCUT2D eigenvalue weighted by atomic mass is 35.5. The Balaban J connectivity index is 2.07. The van der Waals surface area contributed by atoms with Crippen molar-refractivity contribution in [3.63, 3.8) is 0 Å². The van der Waals surface area contributed by atoms with E-state index in [0.717, 1.165) is 19.4 Å². The van der Waals surface area contributed by atoms with E-state index in [2.05, 4.69) is 5.32 Å². The van der Waals surface area contributed by atoms with Crippen LogP contribution in [0.1, 0.15) is 29.6 Å². The molecule has 0 saturated carbocycles. The third kappa shape index (κ3) is 2.99. The lowest BCUT2D eigenvalue weighted by atomic mass is 10.0. The molecule has 0 amide bonds. The van der Waals surface area contributed by atoms with Crippen LogP contribution in [0.4, 0.5) is 0 Å². The van der Waals surface area contributed by atoms with Crippen molar-refractivity contribution in [2.24, 2.45) is 0 Å². The molecule has 92 valence electrons. The lowest BCUT2D eigenvalue weighted by Gasteiger charge is -2.10. The molecular weight excluding hydrogens is 238 g/mol. The molecule has 4 heteroatoms. The summed E-state index contributed by atoms with van der Waals surface area (Å²) < 4.78 is 5.06. The van der Waals surface area contributed by atoms with Crippen LogP contribution in [0.15, 0.2) is 18.2 Å². The first kappa shape index (κ1) is 12.4. The molecular formula is C13H16ClNO2. The summed E-state index contributed by atoms with van der Waals surface area (Å²) in [5.41, 5.74) is 0.584. The molecule has 17 heavy (non-hydrogen) atoms. The van der Waals surface area contributed by atoms with Crippen molar-refractivity contribution in [1.29, 1.82) is 0 Å². The number of methoxy groups -OCH3 is 1. The minimum atomic E-state index is 0.0945. The van der Waals surface area contributed by atoms with Gasteiger partial charge in [-0.3, -0.25) is 4.79 Å². The zero-order valence-corrected chi connectivity index (χ0v) is 10.6. The Morgan fingerprint density at radius 2 is 2.41 bits per heavy atom. The standard InChI is InChI=1S/C13H16ClNO2/c1-17-10-4-5-11(12(14)8-10)13(16)7-9-3-2-6-15-9/h4-5,8-9,15H,2-3,6-7H2,1H3. The number of ether oxygens (including phenoxy) is 1. The minimum absolute atomic E-state index is 0.0945. The smallest absolute Gasteiger partial charge is 0.165 e. The van der Waals surface area contributed by atoms with Crippen molar-refractivity contribution in [2.45, 2.75) is 25.3 Å². The van der Waals surface area contributed by atoms with E-state index in [0.29, 0.717) is 28.8 Å². The fraction of sp³-hybridized carbons (Fsp3) is 0.462. The third-order valence-electron chi connectivity index (χ3n) is 3.07. The van der Waals surface area contributed by atoms with Gasteiger partial charge in [-0.2, -0.15) is 0 Å². The number of Topliss-reactive ketones (excluding diaryl/α,β-unsaturated/α-hetero) is 1. The van der Waals surface area contributed by atoms with E-state index >= 15 is 0 Å². The molecule has 0 radical (unpaired) electrons. The Kier molecular flexibility index (Phi) is 4.02. The Hall–Kier alpha value is -1.06. The van der Waals surface area contributed by atoms with Gasteiger partial charge in [0.2, 0.25) is 0 Å². The van der Waals surface area contributed by atoms with Crippen molar-refractivity contribution in [3.05, 3.63) is 28.8 Å². The predicted octanol–water partition coefficient (Wildman–Crippen LogP) is 2.67. The second kappa shape index (κ2) is 5.52. The van der Waals surface area contributed by atoms with E-state index in [1.807, 2.05) is 0 Å². The molecule has 0 aliphatic carbocycles. The van der Waals surface area contributed by atoms with Crippen LogP contribution in [-0.2, 0) is 0 Å². The van der Waals surface area contributed by atoms with Crippen LogP contribution in [0, 0.1) is 0 Å². The van der Waals surface area contributed by atoms with Crippen molar-refractivity contribution in [3.8, 4) is 5.75 Å². The molecule has 2 rings (SSSR count). The summed E-state index contributed by atoms with van der Waals surface area (Å²) in [6.07, 6.45) is 2.74. The molecule has 1 atom stereocenters. The van der Waals surface area contributed by atoms with Crippen LogP contribution in [-0.4, -0.2) is 25.5 Å². The van der Waals surface area contributed by atoms with Gasteiger partial charge >= 0.3 is 0 Å². The number of rotatable bonds is 4. The lowest BCUT2D eigenvalue weighted by molar-refractivity contribution is 0.0972. The second-order valence-corrected chi connectivity index (χ2v) is 4.67. The van der Waals surface area contributed by atoms with E-state index in [9.17, 15) is 4.79 Å². The highest BCUT2D eigenvalue weighted by molar-refractivity contribution is 6.34. The van der Waals surface area contributed by atoms with Gasteiger partial charge in [0.05, 0.1) is 12.1 Å². The molecule has 1 unspecified atom stereocenters. The molecule has 0 bridgehead atoms. The number of halogens is 1. The van der Waals surface area contributed by atoms with E-state index < -0.39 is 0 Å². The number of hydrogen-bond donors (Lipinski definition) is 1. The zero-order valence-electron chi connectivity index (χ0n) is 9.83. The largest absolute Gasteiger partial charge is 0.497 e. The summed E-state index contributed by atoms with van der Waals surface area (Å²) in [4.78, 5) is 12.1. The van der Waals surface area contributed by atoms with Crippen molar-refractivity contribution in [2.75, 3.05) is 13.7 Å². The van der Waals surface area contributed by atoms with Crippen LogP contribution in [0.3, 0.4) is 0 Å². The quantitative estimate of drug-likeness (QED) is 0.839. The van der Waals surface area contributed by atoms with E-state index in [1.54, 1.807) is 25.3 Å². The predicted molar refractivity (Wildman–Crippen MR) is 68.0 cm³/mol. The van der Waals surface area contributed by atoms with Crippen LogP contribution >= 0.6 is 11.6 Å². The molecule has 0 aromatic heterocycles. The molecule has 1 N–H and O–H groups in total. The van der Waals surface area contributed by atoms with Gasteiger partial charge in [-0.05, 0) is 37.6 Å². The zero-order chi connectivity index (χ0) is 12.3. The molecule has 3 nitrogen and oxygen atoms in total. The molecule has 1 aromatic rings. The van der Waals surface area contributed by atoms with Crippen molar-refractivity contribution < 1.29 is 9.53 Å². The fourth-order valence-electron chi connectivity index (χ4n) is 2.11. The minimum Gasteiger partial charge on any atom is -0.497 e. The normalized spacial score (nSPS) is 19.3. The SMILES string of the molecule is COc1ccc(C(=O)CC2CCCN2)c(Cl)c1. The number of ketones is 1. The number of benzene rings is 1. The van der Waals surface area contributed by atoms with Crippen LogP contribution < -0.4 is 10.1 Å². The first-order valence-corrected chi connectivity index (χ1v) is 6.18. The van der Waals surface area contributed by atoms with Crippen molar-refractivity contribution >= 4 is 17.4 Å². The van der Waals surface area contributed by atoms with Gasteiger partial charge in [0.25, 0.3) is 0 Å². The molecule has 1 aliphatic rings. The number of hydrogen-bond acceptors (Lipinski definition) is 3. The maximum atomic E-state index is 12.1. The van der Waals surface area contributed by atoms with E-state index in [1.165, 1.54) is 0 Å². The Labute approximate surface area is 106 Å². The summed E-state index contributed by atoms with van der Waals surface area (Å²) in [5, 5.41) is 3.78. The maximum absolute atomic E-state index is 12.1. The first-order chi connectivity index (χ1) is 8.20. The molecule has 1 fully saturated rings. The lowest BCUT2D eigenvalue weighted by Crippen LogP contribution is -2.24. The molecule has 1 heterocycles. The number of carbonyl (C=O) groups excluding carboxylic acids is 1. The maximum Gasteiger partial charge on any atom is 0.165 e. The monoisotopic (exact) mass is 253 g/mol. The highest BCUT2D eigenvalue weighted by Crippen LogP contribution is 2.24. The number of carbonyl (C=O) groups is 1. The second-order valence-electron chi connectivity index (χ2n) is 4.27. The summed E-state index contributed by atoms with van der Waals surface area (Å²) >= 11 is 6.07. The summed E-state index contributed by atoms with van der Waals surface area (Å²) in [7, 11) is 1.58. The summed E-state index contributed by atoms with van der Waals surface area (Å²) in [5.74, 6) is 0.766. The topological polar surface area (TPSA) is 38.3 Å². The van der Waals surface area contributed by atoms with Crippen molar-refractivity contribution in [1.82, 2.24) is 5.32 Å². The summed E-state index contributed by atoms with van der Waals surface area (Å²) in [6.45, 7) is 1.01. The van der Waals surface area contributed by atoms with Gasteiger partial charge in [-0.15, -0.1) is 0 Å². The van der Waals surface area contributed by atoms with Crippen LogP contribution in [0.25, 0.3) is 0 Å². The molecule has 0 spiro atoms. The molecule has 1 saturated heterocycles. The van der Waals surface area contributed by atoms with Gasteiger partial charge in [-0.25, -0.2) is 0 Å². The Morgan fingerprint density at radius 1 is 1.59 bits per heavy atom. The fourth-order valence-corrected chi connectivity index (χ4v) is 2.39. The highest BCUT2D eigenvalue weighted by Gasteiger charge is 2.20. The first-order valence-electron chi connectivity index (χ1n) is 5.81. The van der Waals surface area contributed by atoms with Gasteiger partial charge in [0.15, 0.2) is 5.78 Å². The van der Waals surface area contributed by atoms with Gasteiger partial charge in [0, 0.05) is 18.0 Å². The van der Waals surface area contributed by atoms with Crippen LogP contribution in [0.5, 0.6) is 5.75 Å². The van der Waals surface area contributed by atoms with E-state index in [4.69, 9.17) is 16.3 Å². The van der Waals surface area contributed by atoms with Crippen LogP contribution in [0.2, 0.25) is 5.02 Å². The molecule has 1 aromatic carbocycles. The van der Waals surface area contributed by atoms with E-state index in [-0.39, 0.29) is 5.78 Å². The average molecular weight is 254 g/mol. The Morgan fingerprint density at radius 3 is 3.00 bits per heavy atom. The van der Waals surface area contributed by atoms with Gasteiger partial charge in [-0.1, -0.05) is 11.6 Å². The Bertz CT molecular complexity index is 414.